The molecule has 1 rings (SSSR count). The van der Waals surface area contributed by atoms with Crippen molar-refractivity contribution < 1.29 is 32.9 Å². The minimum absolute atomic E-state index is 0.0991. The van der Waals surface area contributed by atoms with Crippen LogP contribution in [-0.4, -0.2) is 22.8 Å². The highest BCUT2D eigenvalue weighted by Crippen LogP contribution is 2.32. The third-order valence-corrected chi connectivity index (χ3v) is 2.05. The molecule has 1 aromatic rings. The van der Waals surface area contributed by atoms with Crippen molar-refractivity contribution in [2.45, 2.75) is 19.6 Å². The van der Waals surface area contributed by atoms with Crippen LogP contribution in [0, 0.1) is 12.7 Å². The molecule has 0 aliphatic rings. The van der Waals surface area contributed by atoms with Crippen LogP contribution in [0.15, 0.2) is 12.1 Å². The molecule has 0 amide bonds. The van der Waals surface area contributed by atoms with Gasteiger partial charge >= 0.3 is 12.6 Å². The average molecular weight is 250 g/mol. The number of aliphatic hydroxyl groups excluding tert-OH is 1. The molecule has 0 bridgehead atoms. The number of carbonyl (C=O) groups is 1. The topological polar surface area (TPSA) is 66.8 Å². The smallest absolute Gasteiger partial charge is 0.387 e. The van der Waals surface area contributed by atoms with Gasteiger partial charge in [0.05, 0.1) is 5.56 Å². The van der Waals surface area contributed by atoms with Gasteiger partial charge in [0, 0.05) is 0 Å². The molecule has 0 saturated heterocycles. The summed E-state index contributed by atoms with van der Waals surface area (Å²) < 4.78 is 41.6. The maximum absolute atomic E-state index is 13.3. The number of hydrogen-bond donors (Lipinski definition) is 2. The summed E-state index contributed by atoms with van der Waals surface area (Å²) in [6.07, 6.45) is -2.26. The van der Waals surface area contributed by atoms with Gasteiger partial charge in [0.15, 0.2) is 6.10 Å². The van der Waals surface area contributed by atoms with E-state index in [1.54, 1.807) is 0 Å². The van der Waals surface area contributed by atoms with Crippen molar-refractivity contribution >= 4 is 5.97 Å². The normalized spacial score (nSPS) is 12.6. The number of benzene rings is 1. The number of aryl methyl sites for hydroxylation is 1. The van der Waals surface area contributed by atoms with Gasteiger partial charge in [-0.25, -0.2) is 9.18 Å². The second kappa shape index (κ2) is 5.05. The molecule has 4 nitrogen and oxygen atoms in total. The van der Waals surface area contributed by atoms with Gasteiger partial charge in [-0.2, -0.15) is 8.78 Å². The molecule has 0 aromatic heterocycles. The number of ether oxygens (including phenoxy) is 1. The fourth-order valence-corrected chi connectivity index (χ4v) is 1.31. The quantitative estimate of drug-likeness (QED) is 0.855. The van der Waals surface area contributed by atoms with Crippen molar-refractivity contribution in [3.63, 3.8) is 0 Å². The van der Waals surface area contributed by atoms with Crippen molar-refractivity contribution in [1.29, 1.82) is 0 Å². The number of aliphatic carboxylic acids is 1. The van der Waals surface area contributed by atoms with E-state index in [1.807, 2.05) is 0 Å². The monoisotopic (exact) mass is 250 g/mol. The third-order valence-electron chi connectivity index (χ3n) is 2.05. The van der Waals surface area contributed by atoms with Crippen molar-refractivity contribution in [2.75, 3.05) is 0 Å². The van der Waals surface area contributed by atoms with Crippen LogP contribution in [0.1, 0.15) is 17.2 Å². The van der Waals surface area contributed by atoms with Gasteiger partial charge in [-0.05, 0) is 18.6 Å². The Morgan fingerprint density at radius 1 is 1.41 bits per heavy atom. The number of rotatable bonds is 4. The second-order valence-electron chi connectivity index (χ2n) is 3.23. The molecule has 0 aliphatic carbocycles. The van der Waals surface area contributed by atoms with Gasteiger partial charge in [0.1, 0.15) is 11.6 Å². The van der Waals surface area contributed by atoms with Gasteiger partial charge in [-0.3, -0.25) is 0 Å². The van der Waals surface area contributed by atoms with Crippen LogP contribution < -0.4 is 4.74 Å². The minimum atomic E-state index is -3.24. The van der Waals surface area contributed by atoms with Crippen LogP contribution in [0.5, 0.6) is 5.75 Å². The zero-order chi connectivity index (χ0) is 13.2. The molecule has 0 heterocycles. The van der Waals surface area contributed by atoms with Crippen LogP contribution in [-0.2, 0) is 4.79 Å². The van der Waals surface area contributed by atoms with E-state index < -0.39 is 35.8 Å². The maximum atomic E-state index is 13.3. The Morgan fingerprint density at radius 2 is 2.00 bits per heavy atom. The lowest BCUT2D eigenvalue weighted by molar-refractivity contribution is -0.147. The summed E-state index contributed by atoms with van der Waals surface area (Å²) in [6.45, 7) is -1.91. The lowest BCUT2D eigenvalue weighted by atomic mass is 10.0. The average Bonchev–Trinajstić information content (AvgIpc) is 2.22. The van der Waals surface area contributed by atoms with E-state index in [4.69, 9.17) is 5.11 Å². The van der Waals surface area contributed by atoms with Gasteiger partial charge in [-0.1, -0.05) is 6.07 Å². The zero-order valence-electron chi connectivity index (χ0n) is 8.65. The lowest BCUT2D eigenvalue weighted by Crippen LogP contribution is -2.16. The molecule has 94 valence electrons. The summed E-state index contributed by atoms with van der Waals surface area (Å²) in [5.41, 5.74) is -0.709. The van der Waals surface area contributed by atoms with Gasteiger partial charge in [0.2, 0.25) is 0 Å². The SMILES string of the molecule is Cc1ccc(F)c(C(O)C(=O)O)c1OC(F)F. The van der Waals surface area contributed by atoms with E-state index in [1.165, 1.54) is 6.92 Å². The largest absolute Gasteiger partial charge is 0.479 e. The maximum Gasteiger partial charge on any atom is 0.387 e. The molecule has 0 spiro atoms. The van der Waals surface area contributed by atoms with Crippen LogP contribution in [0.3, 0.4) is 0 Å². The molecule has 0 saturated carbocycles. The Hall–Kier alpha value is -1.76. The first-order valence-electron chi connectivity index (χ1n) is 4.49. The lowest BCUT2D eigenvalue weighted by Gasteiger charge is -2.16. The molecule has 2 N–H and O–H groups in total. The van der Waals surface area contributed by atoms with Gasteiger partial charge in [0.25, 0.3) is 0 Å². The number of aliphatic hydroxyl groups is 1. The third kappa shape index (κ3) is 2.88. The first-order chi connectivity index (χ1) is 7.84. The molecule has 0 radical (unpaired) electrons. The molecule has 0 aliphatic heterocycles. The van der Waals surface area contributed by atoms with E-state index in [-0.39, 0.29) is 5.56 Å². The van der Waals surface area contributed by atoms with E-state index in [2.05, 4.69) is 4.74 Å². The van der Waals surface area contributed by atoms with Gasteiger partial charge < -0.3 is 14.9 Å². The van der Waals surface area contributed by atoms with Crippen LogP contribution in [0.25, 0.3) is 0 Å². The number of alkyl halides is 2. The van der Waals surface area contributed by atoms with Crippen molar-refractivity contribution in [2.24, 2.45) is 0 Å². The summed E-state index contributed by atoms with van der Waals surface area (Å²) in [4.78, 5) is 10.5. The van der Waals surface area contributed by atoms with Crippen molar-refractivity contribution in [3.8, 4) is 5.75 Å². The van der Waals surface area contributed by atoms with Crippen LogP contribution in [0.4, 0.5) is 13.2 Å². The Kier molecular flexibility index (Phi) is 3.95. The van der Waals surface area contributed by atoms with Crippen molar-refractivity contribution in [1.82, 2.24) is 0 Å². The molecule has 7 heteroatoms. The van der Waals surface area contributed by atoms with E-state index in [0.717, 1.165) is 12.1 Å². The predicted octanol–water partition coefficient (Wildman–Crippen LogP) is 1.85. The summed E-state index contributed by atoms with van der Waals surface area (Å²) in [6, 6.07) is 2.01. The zero-order valence-corrected chi connectivity index (χ0v) is 8.65. The number of carboxylic acids is 1. The highest BCUT2D eigenvalue weighted by molar-refractivity contribution is 5.75. The Bertz CT molecular complexity index is 434. The number of hydrogen-bond acceptors (Lipinski definition) is 3. The molecular formula is C10H9F3O4. The van der Waals surface area contributed by atoms with E-state index in [9.17, 15) is 23.1 Å². The van der Waals surface area contributed by atoms with Gasteiger partial charge in [-0.15, -0.1) is 0 Å². The summed E-state index contributed by atoms with van der Waals surface area (Å²) >= 11 is 0. The molecule has 17 heavy (non-hydrogen) atoms. The van der Waals surface area contributed by atoms with E-state index in [0.29, 0.717) is 0 Å². The minimum Gasteiger partial charge on any atom is -0.479 e. The molecule has 1 aromatic carbocycles. The Morgan fingerprint density at radius 3 is 2.47 bits per heavy atom. The highest BCUT2D eigenvalue weighted by atomic mass is 19.3. The summed E-state index contributed by atoms with van der Waals surface area (Å²) in [7, 11) is 0. The molecule has 1 unspecified atom stereocenters. The summed E-state index contributed by atoms with van der Waals surface area (Å²) in [5, 5.41) is 17.8. The Balaban J connectivity index is 3.34. The number of carboxylic acid groups (broad SMARTS) is 1. The fraction of sp³-hybridized carbons (Fsp3) is 0.300. The van der Waals surface area contributed by atoms with Crippen LogP contribution >= 0.6 is 0 Å². The molecule has 1 atom stereocenters. The fourth-order valence-electron chi connectivity index (χ4n) is 1.31. The van der Waals surface area contributed by atoms with E-state index >= 15 is 0 Å². The van der Waals surface area contributed by atoms with Crippen LogP contribution in [0.2, 0.25) is 0 Å². The molecule has 0 fully saturated rings. The first-order valence-corrected chi connectivity index (χ1v) is 4.49. The first kappa shape index (κ1) is 13.3. The molecular weight excluding hydrogens is 241 g/mol. The standard InChI is InChI=1S/C10H9F3O4/c1-4-2-3-5(11)6(7(14)9(15)16)8(4)17-10(12)13/h2-3,7,10,14H,1H3,(H,15,16). The summed E-state index contributed by atoms with van der Waals surface area (Å²) in [5.74, 6) is -3.54. The number of halogens is 3. The predicted molar refractivity (Wildman–Crippen MR) is 50.4 cm³/mol. The highest BCUT2D eigenvalue weighted by Gasteiger charge is 2.27. The van der Waals surface area contributed by atoms with Crippen molar-refractivity contribution in [3.05, 3.63) is 29.1 Å². The second-order valence-corrected chi connectivity index (χ2v) is 3.23. The Labute approximate surface area is 94.3 Å².